The molecule has 0 aromatic rings. The second-order valence-corrected chi connectivity index (χ2v) is 10.7. The molecule has 2 nitrogen and oxygen atoms in total. The van der Waals surface area contributed by atoms with Crippen molar-refractivity contribution in [3.8, 4) is 0 Å². The second kappa shape index (κ2) is 9.33. The van der Waals surface area contributed by atoms with E-state index in [0.29, 0.717) is 48.3 Å². The van der Waals surface area contributed by atoms with Gasteiger partial charge in [-0.1, -0.05) is 64.5 Å². The molecule has 0 heterocycles. The summed E-state index contributed by atoms with van der Waals surface area (Å²) in [6.07, 6.45) is 16.9. The van der Waals surface area contributed by atoms with Crippen LogP contribution in [0.5, 0.6) is 0 Å². The average molecular weight is 399 g/mol. The van der Waals surface area contributed by atoms with E-state index in [0.717, 1.165) is 11.5 Å². The summed E-state index contributed by atoms with van der Waals surface area (Å²) in [6, 6.07) is 0. The van der Waals surface area contributed by atoms with Crippen LogP contribution in [-0.2, 0) is 4.79 Å². The number of hydrogen-bond donors (Lipinski definition) is 1. The Morgan fingerprint density at radius 3 is 2.52 bits per heavy atom. The van der Waals surface area contributed by atoms with E-state index in [1.54, 1.807) is 5.57 Å². The summed E-state index contributed by atoms with van der Waals surface area (Å²) in [6.45, 7) is 11.9. The summed E-state index contributed by atoms with van der Waals surface area (Å²) in [5.41, 5.74) is 2.76. The minimum absolute atomic E-state index is 0.230. The number of aliphatic hydroxyl groups excluding tert-OH is 1. The van der Waals surface area contributed by atoms with Crippen LogP contribution in [0.2, 0.25) is 0 Å². The molecule has 0 radical (unpaired) electrons. The predicted octanol–water partition coefficient (Wildman–Crippen LogP) is 6.65. The molecule has 0 unspecified atom stereocenters. The first-order chi connectivity index (χ1) is 13.7. The molecule has 3 aliphatic rings. The molecule has 3 rings (SSSR count). The van der Waals surface area contributed by atoms with Crippen LogP contribution in [0.4, 0.5) is 0 Å². The molecule has 2 heteroatoms. The van der Waals surface area contributed by atoms with E-state index >= 15 is 0 Å². The predicted molar refractivity (Wildman–Crippen MR) is 122 cm³/mol. The maximum atomic E-state index is 12.2. The molecular formula is C27H42O2. The van der Waals surface area contributed by atoms with Gasteiger partial charge in [0.15, 0.2) is 5.78 Å². The third-order valence-corrected chi connectivity index (χ3v) is 8.46. The Morgan fingerprint density at radius 1 is 1.03 bits per heavy atom. The summed E-state index contributed by atoms with van der Waals surface area (Å²) in [5, 5.41) is 9.92. The van der Waals surface area contributed by atoms with Crippen LogP contribution in [0.25, 0.3) is 0 Å². The van der Waals surface area contributed by atoms with Gasteiger partial charge in [0.05, 0.1) is 6.10 Å². The quantitative estimate of drug-likeness (QED) is 0.415. The van der Waals surface area contributed by atoms with Crippen molar-refractivity contribution in [2.45, 2.75) is 92.1 Å². The summed E-state index contributed by atoms with van der Waals surface area (Å²) >= 11 is 0. The molecule has 0 spiro atoms. The van der Waals surface area contributed by atoms with Crippen molar-refractivity contribution in [2.24, 2.45) is 35.0 Å². The molecule has 0 aliphatic heterocycles. The highest BCUT2D eigenvalue weighted by Crippen LogP contribution is 2.59. The lowest BCUT2D eigenvalue weighted by molar-refractivity contribution is -0.117. The number of ketones is 1. The molecule has 0 bridgehead atoms. The van der Waals surface area contributed by atoms with Gasteiger partial charge in [-0.3, -0.25) is 4.79 Å². The number of hydrogen-bond acceptors (Lipinski definition) is 2. The normalized spacial score (nSPS) is 38.2. The van der Waals surface area contributed by atoms with Gasteiger partial charge in [0.2, 0.25) is 0 Å². The van der Waals surface area contributed by atoms with Gasteiger partial charge in [0, 0.05) is 12.8 Å². The number of carbonyl (C=O) groups excluding carboxylic acids is 1. The first-order valence-corrected chi connectivity index (χ1v) is 12.0. The Bertz CT molecular complexity index is 683. The van der Waals surface area contributed by atoms with E-state index in [-0.39, 0.29) is 11.9 Å². The van der Waals surface area contributed by atoms with Gasteiger partial charge in [0.1, 0.15) is 0 Å². The Hall–Kier alpha value is -1.15. The summed E-state index contributed by atoms with van der Waals surface area (Å²) in [5.74, 6) is 3.59. The van der Waals surface area contributed by atoms with E-state index in [1.807, 2.05) is 6.08 Å². The second-order valence-electron chi connectivity index (χ2n) is 10.7. The Kier molecular flexibility index (Phi) is 7.25. The van der Waals surface area contributed by atoms with E-state index < -0.39 is 0 Å². The summed E-state index contributed by atoms with van der Waals surface area (Å²) < 4.78 is 0. The number of allylic oxidation sites excluding steroid dienone is 5. The SMILES string of the molecule is CC(C)[C@@H](C)/C=C/[C@@H](C)[C@H]1CC[C@H]2/C(=C/C=C3\C[C@@H](O)CCC3=O)CCC[C@]12C. The Labute approximate surface area is 178 Å². The lowest BCUT2D eigenvalue weighted by Crippen LogP contribution is -2.35. The van der Waals surface area contributed by atoms with Crippen molar-refractivity contribution in [1.29, 1.82) is 0 Å². The number of carbonyl (C=O) groups is 1. The molecular weight excluding hydrogens is 356 g/mol. The van der Waals surface area contributed by atoms with Crippen molar-refractivity contribution in [3.63, 3.8) is 0 Å². The summed E-state index contributed by atoms with van der Waals surface area (Å²) in [7, 11) is 0. The molecule has 3 saturated carbocycles. The smallest absolute Gasteiger partial charge is 0.159 e. The van der Waals surface area contributed by atoms with Crippen LogP contribution in [0, 0.1) is 35.0 Å². The fraction of sp³-hybridized carbons (Fsp3) is 0.741. The third-order valence-electron chi connectivity index (χ3n) is 8.46. The molecule has 162 valence electrons. The van der Waals surface area contributed by atoms with Gasteiger partial charge in [-0.05, 0) is 79.1 Å². The summed E-state index contributed by atoms with van der Waals surface area (Å²) in [4.78, 5) is 12.2. The van der Waals surface area contributed by atoms with Crippen molar-refractivity contribution < 1.29 is 9.90 Å². The Balaban J connectivity index is 1.75. The van der Waals surface area contributed by atoms with Crippen molar-refractivity contribution in [1.82, 2.24) is 0 Å². The number of fused-ring (bicyclic) bond motifs is 1. The van der Waals surface area contributed by atoms with Crippen LogP contribution >= 0.6 is 0 Å². The largest absolute Gasteiger partial charge is 0.393 e. The van der Waals surface area contributed by atoms with E-state index in [4.69, 9.17) is 0 Å². The highest BCUT2D eigenvalue weighted by Gasteiger charge is 2.50. The van der Waals surface area contributed by atoms with Crippen LogP contribution in [0.3, 0.4) is 0 Å². The molecule has 0 aromatic heterocycles. The number of aliphatic hydroxyl groups is 1. The van der Waals surface area contributed by atoms with Crippen molar-refractivity contribution >= 4 is 5.78 Å². The molecule has 3 fully saturated rings. The van der Waals surface area contributed by atoms with Crippen LogP contribution in [0.1, 0.15) is 86.0 Å². The minimum atomic E-state index is -0.342. The first kappa shape index (κ1) is 22.5. The maximum absolute atomic E-state index is 12.2. The monoisotopic (exact) mass is 398 g/mol. The topological polar surface area (TPSA) is 37.3 Å². The molecule has 29 heavy (non-hydrogen) atoms. The Morgan fingerprint density at radius 2 is 1.79 bits per heavy atom. The molecule has 1 N–H and O–H groups in total. The highest BCUT2D eigenvalue weighted by molar-refractivity contribution is 5.96. The van der Waals surface area contributed by atoms with Crippen LogP contribution in [-0.4, -0.2) is 17.0 Å². The van der Waals surface area contributed by atoms with E-state index in [1.165, 1.54) is 32.1 Å². The zero-order chi connectivity index (χ0) is 21.2. The molecule has 3 aliphatic carbocycles. The maximum Gasteiger partial charge on any atom is 0.159 e. The van der Waals surface area contributed by atoms with E-state index in [2.05, 4.69) is 52.8 Å². The minimum Gasteiger partial charge on any atom is -0.393 e. The lowest BCUT2D eigenvalue weighted by Gasteiger charge is -2.44. The number of Topliss-reactive ketones (excluding diaryl/α,β-unsaturated/α-hetero) is 1. The van der Waals surface area contributed by atoms with Crippen LogP contribution < -0.4 is 0 Å². The van der Waals surface area contributed by atoms with Gasteiger partial charge in [-0.15, -0.1) is 0 Å². The van der Waals surface area contributed by atoms with Crippen molar-refractivity contribution in [3.05, 3.63) is 35.5 Å². The molecule has 0 amide bonds. The fourth-order valence-corrected chi connectivity index (χ4v) is 6.15. The molecule has 6 atom stereocenters. The average Bonchev–Trinajstić information content (AvgIpc) is 3.04. The first-order valence-electron chi connectivity index (χ1n) is 12.0. The van der Waals surface area contributed by atoms with Gasteiger partial charge < -0.3 is 5.11 Å². The van der Waals surface area contributed by atoms with Gasteiger partial charge in [-0.25, -0.2) is 0 Å². The zero-order valence-corrected chi connectivity index (χ0v) is 19.3. The molecule has 0 aromatic carbocycles. The highest BCUT2D eigenvalue weighted by atomic mass is 16.3. The fourth-order valence-electron chi connectivity index (χ4n) is 6.15. The zero-order valence-electron chi connectivity index (χ0n) is 19.3. The standard InChI is InChI=1S/C27H42O2/c1-18(2)19(3)8-9-20(4)24-13-14-25-21(7-6-16-27(24,25)5)10-11-22-17-23(28)12-15-26(22)29/h8-11,18-20,23-25,28H,6-7,12-17H2,1-5H3/b9-8+,21-10+,22-11+/t19-,20+,23-,24+,25-,27+/m0/s1. The number of rotatable bonds is 5. The van der Waals surface area contributed by atoms with Crippen LogP contribution in [0.15, 0.2) is 35.5 Å². The van der Waals surface area contributed by atoms with E-state index in [9.17, 15) is 9.90 Å². The molecule has 0 saturated heterocycles. The van der Waals surface area contributed by atoms with Gasteiger partial charge in [0.25, 0.3) is 0 Å². The van der Waals surface area contributed by atoms with Gasteiger partial charge in [-0.2, -0.15) is 0 Å². The van der Waals surface area contributed by atoms with Gasteiger partial charge >= 0.3 is 0 Å². The third kappa shape index (κ3) is 4.95. The lowest BCUT2D eigenvalue weighted by atomic mass is 9.61. The van der Waals surface area contributed by atoms with Crippen molar-refractivity contribution in [2.75, 3.05) is 0 Å².